The largest absolute Gasteiger partial charge is 0.341 e. The number of likely N-dealkylation sites (N-methyl/N-ethyl adjacent to an activating group) is 1. The molecule has 4 nitrogen and oxygen atoms in total. The first-order valence-corrected chi connectivity index (χ1v) is 8.70. The number of rotatable bonds is 3. The first-order chi connectivity index (χ1) is 9.24. The van der Waals surface area contributed by atoms with E-state index in [4.69, 9.17) is 4.78 Å². The summed E-state index contributed by atoms with van der Waals surface area (Å²) in [7, 11) is -0.716. The average Bonchev–Trinajstić information content (AvgIpc) is 2.78. The van der Waals surface area contributed by atoms with E-state index in [0.717, 1.165) is 5.56 Å². The Morgan fingerprint density at radius 1 is 1.35 bits per heavy atom. The molecule has 2 atom stereocenters. The highest BCUT2D eigenvalue weighted by Gasteiger charge is 2.37. The minimum atomic E-state index is -2.48. The van der Waals surface area contributed by atoms with Crippen molar-refractivity contribution in [1.29, 1.82) is 4.78 Å². The van der Waals surface area contributed by atoms with Gasteiger partial charge in [0.15, 0.2) is 0 Å². The zero-order chi connectivity index (χ0) is 15.0. The van der Waals surface area contributed by atoms with Gasteiger partial charge in [0.05, 0.1) is 11.2 Å². The minimum Gasteiger partial charge on any atom is -0.341 e. The van der Waals surface area contributed by atoms with Crippen LogP contribution in [0.1, 0.15) is 25.8 Å². The highest BCUT2D eigenvalue weighted by Crippen LogP contribution is 2.28. The molecule has 1 aliphatic rings. The first-order valence-electron chi connectivity index (χ1n) is 6.81. The zero-order valence-electron chi connectivity index (χ0n) is 12.3. The molecule has 1 aliphatic heterocycles. The van der Waals surface area contributed by atoms with Crippen LogP contribution in [0.5, 0.6) is 0 Å². The number of carbonyl (C=O) groups is 1. The lowest BCUT2D eigenvalue weighted by Crippen LogP contribution is -2.46. The number of hydrogen-bond acceptors (Lipinski definition) is 3. The summed E-state index contributed by atoms with van der Waals surface area (Å²) in [5.74, 6) is 0.729. The van der Waals surface area contributed by atoms with Gasteiger partial charge < -0.3 is 4.90 Å². The van der Waals surface area contributed by atoms with Gasteiger partial charge in [0, 0.05) is 28.6 Å². The molecule has 110 valence electrons. The number of carbonyl (C=O) groups excluding carboxylic acids is 1. The van der Waals surface area contributed by atoms with Crippen molar-refractivity contribution in [3.05, 3.63) is 35.9 Å². The summed E-state index contributed by atoms with van der Waals surface area (Å²) in [6.45, 7) is 3.82. The van der Waals surface area contributed by atoms with Crippen LogP contribution in [0.4, 0.5) is 0 Å². The van der Waals surface area contributed by atoms with E-state index < -0.39 is 15.1 Å². The highest BCUT2D eigenvalue weighted by atomic mass is 32.2. The number of nitrogens with one attached hydrogen (secondary N) is 1. The predicted octanol–water partition coefficient (Wildman–Crippen LogP) is 2.24. The van der Waals surface area contributed by atoms with Crippen LogP contribution >= 0.6 is 0 Å². The van der Waals surface area contributed by atoms with Crippen LogP contribution in [0, 0.1) is 4.78 Å². The number of amides is 1. The molecule has 1 fully saturated rings. The molecular weight excluding hydrogens is 272 g/mol. The third-order valence-corrected chi connectivity index (χ3v) is 5.96. The van der Waals surface area contributed by atoms with Crippen molar-refractivity contribution in [3.8, 4) is 0 Å². The molecule has 0 aromatic heterocycles. The van der Waals surface area contributed by atoms with E-state index >= 15 is 0 Å². The summed E-state index contributed by atoms with van der Waals surface area (Å²) < 4.78 is 19.4. The molecule has 0 spiro atoms. The van der Waals surface area contributed by atoms with Gasteiger partial charge in [-0.05, 0) is 25.8 Å². The Labute approximate surface area is 121 Å². The van der Waals surface area contributed by atoms with Gasteiger partial charge >= 0.3 is 0 Å². The Bertz CT molecular complexity index is 594. The molecule has 5 heteroatoms. The summed E-state index contributed by atoms with van der Waals surface area (Å²) in [6.07, 6.45) is 0.662. The predicted molar refractivity (Wildman–Crippen MR) is 81.2 cm³/mol. The lowest BCUT2D eigenvalue weighted by Gasteiger charge is -2.33. The van der Waals surface area contributed by atoms with Gasteiger partial charge in [-0.3, -0.25) is 9.57 Å². The minimum absolute atomic E-state index is 0.0193. The van der Waals surface area contributed by atoms with Crippen LogP contribution in [0.15, 0.2) is 30.3 Å². The van der Waals surface area contributed by atoms with Gasteiger partial charge in [-0.25, -0.2) is 4.21 Å². The normalized spacial score (nSPS) is 26.4. The second kappa shape index (κ2) is 5.20. The van der Waals surface area contributed by atoms with Gasteiger partial charge in [0.25, 0.3) is 0 Å². The molecule has 1 N–H and O–H groups in total. The summed E-state index contributed by atoms with van der Waals surface area (Å²) in [5, 5.41) is 0. The molecule has 1 aromatic rings. The maximum Gasteiger partial charge on any atom is 0.232 e. The second-order valence-corrected chi connectivity index (χ2v) is 8.40. The van der Waals surface area contributed by atoms with Gasteiger partial charge in [-0.1, -0.05) is 30.3 Å². The molecule has 2 unspecified atom stereocenters. The Balaban J connectivity index is 2.19. The van der Waals surface area contributed by atoms with Crippen LogP contribution in [0.25, 0.3) is 0 Å². The standard InChI is InChI=1S/C15H22N2O2S/c1-15(2,12-7-5-4-6-8-12)14(18)17(3)13-9-10-20(16,19)11-13/h4-8,13,16H,9-11H2,1-3H3. The third-order valence-electron chi connectivity index (χ3n) is 4.14. The first kappa shape index (κ1) is 15.0. The van der Waals surface area contributed by atoms with Gasteiger partial charge in [0.2, 0.25) is 5.91 Å². The van der Waals surface area contributed by atoms with Crippen molar-refractivity contribution in [2.45, 2.75) is 31.7 Å². The van der Waals surface area contributed by atoms with E-state index in [1.54, 1.807) is 11.9 Å². The fraction of sp³-hybridized carbons (Fsp3) is 0.533. The van der Waals surface area contributed by atoms with E-state index in [1.165, 1.54) is 0 Å². The van der Waals surface area contributed by atoms with Gasteiger partial charge in [0.1, 0.15) is 0 Å². The van der Waals surface area contributed by atoms with Crippen molar-refractivity contribution in [2.75, 3.05) is 18.6 Å². The van der Waals surface area contributed by atoms with E-state index in [-0.39, 0.29) is 11.9 Å². The van der Waals surface area contributed by atoms with Crippen molar-refractivity contribution < 1.29 is 9.00 Å². The lowest BCUT2D eigenvalue weighted by atomic mass is 9.83. The van der Waals surface area contributed by atoms with Crippen LogP contribution < -0.4 is 0 Å². The summed E-state index contributed by atoms with van der Waals surface area (Å²) in [6, 6.07) is 9.62. The monoisotopic (exact) mass is 294 g/mol. The Hall–Kier alpha value is -1.36. The Morgan fingerprint density at radius 2 is 1.95 bits per heavy atom. The molecule has 0 radical (unpaired) electrons. The summed E-state index contributed by atoms with van der Waals surface area (Å²) >= 11 is 0. The fourth-order valence-corrected chi connectivity index (χ4v) is 4.53. The van der Waals surface area contributed by atoms with Crippen LogP contribution in [0.2, 0.25) is 0 Å². The van der Waals surface area contributed by atoms with Crippen LogP contribution in [0.3, 0.4) is 0 Å². The third kappa shape index (κ3) is 2.87. The summed E-state index contributed by atoms with van der Waals surface area (Å²) in [5.41, 5.74) is 0.364. The topological polar surface area (TPSA) is 61.2 Å². The van der Waals surface area contributed by atoms with Gasteiger partial charge in [-0.2, -0.15) is 0 Å². The fourth-order valence-electron chi connectivity index (χ4n) is 2.69. The number of nitrogens with zero attached hydrogens (tertiary/aromatic N) is 1. The lowest BCUT2D eigenvalue weighted by molar-refractivity contribution is -0.136. The van der Waals surface area contributed by atoms with Crippen LogP contribution in [-0.4, -0.2) is 39.6 Å². The molecule has 1 saturated heterocycles. The van der Waals surface area contributed by atoms with Crippen molar-refractivity contribution in [2.24, 2.45) is 0 Å². The number of hydrogen-bond donors (Lipinski definition) is 1. The van der Waals surface area contributed by atoms with Crippen molar-refractivity contribution in [3.63, 3.8) is 0 Å². The molecule has 0 saturated carbocycles. The maximum absolute atomic E-state index is 12.7. The quantitative estimate of drug-likeness (QED) is 0.929. The Morgan fingerprint density at radius 3 is 2.45 bits per heavy atom. The molecule has 2 rings (SSSR count). The summed E-state index contributed by atoms with van der Waals surface area (Å²) in [4.78, 5) is 14.4. The molecule has 1 amide bonds. The second-order valence-electron chi connectivity index (χ2n) is 6.03. The molecule has 1 aromatic carbocycles. The van der Waals surface area contributed by atoms with Crippen molar-refractivity contribution in [1.82, 2.24) is 4.90 Å². The Kier molecular flexibility index (Phi) is 3.91. The average molecular weight is 294 g/mol. The van der Waals surface area contributed by atoms with Crippen LogP contribution in [-0.2, 0) is 19.9 Å². The SMILES string of the molecule is CN(C(=O)C(C)(C)c1ccccc1)C1CCS(=N)(=O)C1. The van der Waals surface area contributed by atoms with E-state index in [0.29, 0.717) is 17.9 Å². The number of benzene rings is 1. The molecule has 1 heterocycles. The van der Waals surface area contributed by atoms with Crippen molar-refractivity contribution >= 4 is 15.6 Å². The highest BCUT2D eigenvalue weighted by molar-refractivity contribution is 7.92. The van der Waals surface area contributed by atoms with E-state index in [9.17, 15) is 9.00 Å². The van der Waals surface area contributed by atoms with Gasteiger partial charge in [-0.15, -0.1) is 0 Å². The molecule has 0 aliphatic carbocycles. The molecule has 20 heavy (non-hydrogen) atoms. The maximum atomic E-state index is 12.7. The van der Waals surface area contributed by atoms with E-state index in [2.05, 4.69) is 0 Å². The molecular formula is C15H22N2O2S. The smallest absolute Gasteiger partial charge is 0.232 e. The molecule has 0 bridgehead atoms. The zero-order valence-corrected chi connectivity index (χ0v) is 13.1. The van der Waals surface area contributed by atoms with E-state index in [1.807, 2.05) is 44.2 Å².